The number of sulfonamides is 1. The minimum absolute atomic E-state index is 0.0628. The van der Waals surface area contributed by atoms with Crippen LogP contribution in [0.2, 0.25) is 0 Å². The summed E-state index contributed by atoms with van der Waals surface area (Å²) < 4.78 is 39.2. The van der Waals surface area contributed by atoms with Crippen LogP contribution in [0.25, 0.3) is 0 Å². The van der Waals surface area contributed by atoms with Crippen molar-refractivity contribution in [3.63, 3.8) is 0 Å². The summed E-state index contributed by atoms with van der Waals surface area (Å²) in [7, 11) is -0.703. The summed E-state index contributed by atoms with van der Waals surface area (Å²) in [5, 5.41) is 7.15. The molecule has 0 unspecified atom stereocenters. The molecule has 0 aliphatic rings. The topological polar surface area (TPSA) is 107 Å². The molecule has 172 valence electrons. The third-order valence-electron chi connectivity index (χ3n) is 5.13. The molecule has 32 heavy (non-hydrogen) atoms. The van der Waals surface area contributed by atoms with E-state index in [0.29, 0.717) is 30.1 Å². The van der Waals surface area contributed by atoms with E-state index in [2.05, 4.69) is 10.4 Å². The van der Waals surface area contributed by atoms with Crippen molar-refractivity contribution < 1.29 is 22.4 Å². The molecule has 0 saturated heterocycles. The summed E-state index contributed by atoms with van der Waals surface area (Å²) in [5.74, 6) is 1.08. The number of carbonyl (C=O) groups excluding carboxylic acids is 1. The number of amides is 1. The van der Waals surface area contributed by atoms with Crippen LogP contribution in [0.3, 0.4) is 0 Å². The third-order valence-corrected chi connectivity index (χ3v) is 7.19. The van der Waals surface area contributed by atoms with Gasteiger partial charge in [0, 0.05) is 13.6 Å². The lowest BCUT2D eigenvalue weighted by atomic mass is 10.1. The minimum Gasteiger partial charge on any atom is -0.497 e. The van der Waals surface area contributed by atoms with Gasteiger partial charge in [-0.05, 0) is 50.1 Å². The lowest BCUT2D eigenvalue weighted by molar-refractivity contribution is -0.121. The fourth-order valence-corrected chi connectivity index (χ4v) is 4.90. The molecule has 2 aromatic heterocycles. The van der Waals surface area contributed by atoms with Gasteiger partial charge < -0.3 is 14.5 Å². The second kappa shape index (κ2) is 10.0. The molecule has 0 aliphatic carbocycles. The molecule has 0 saturated carbocycles. The first-order chi connectivity index (χ1) is 15.2. The number of hydrogen-bond acceptors (Lipinski definition) is 6. The molecule has 3 aromatic rings. The molecule has 1 amide bonds. The second-order valence-electron chi connectivity index (χ2n) is 7.45. The van der Waals surface area contributed by atoms with Gasteiger partial charge in [-0.3, -0.25) is 9.48 Å². The zero-order chi connectivity index (χ0) is 23.3. The van der Waals surface area contributed by atoms with Gasteiger partial charge in [0.05, 0.1) is 31.3 Å². The molecule has 0 aliphatic heterocycles. The number of aromatic nitrogens is 2. The number of hydrogen-bond donors (Lipinski definition) is 1. The van der Waals surface area contributed by atoms with E-state index in [1.807, 2.05) is 24.3 Å². The van der Waals surface area contributed by atoms with E-state index in [1.54, 1.807) is 33.1 Å². The van der Waals surface area contributed by atoms with Gasteiger partial charge >= 0.3 is 0 Å². The number of nitrogens with one attached hydrogen (secondary N) is 1. The minimum atomic E-state index is -3.80. The molecular formula is C22H28N4O5S. The molecular weight excluding hydrogens is 432 g/mol. The van der Waals surface area contributed by atoms with E-state index in [0.717, 1.165) is 11.3 Å². The second-order valence-corrected chi connectivity index (χ2v) is 9.43. The monoisotopic (exact) mass is 460 g/mol. The van der Waals surface area contributed by atoms with Crippen LogP contribution in [-0.2, 0) is 34.3 Å². The van der Waals surface area contributed by atoms with E-state index >= 15 is 0 Å². The van der Waals surface area contributed by atoms with Gasteiger partial charge in [-0.15, -0.1) is 0 Å². The Morgan fingerprint density at radius 3 is 2.56 bits per heavy atom. The standard InChI is InChI=1S/C22H28N4O5S/c1-16-22(32(28,29)25(3)14-20-6-5-13-31-20)17(2)26(24-16)15-21(27)23-12-11-18-7-9-19(30-4)10-8-18/h5-10,13H,11-12,14-15H2,1-4H3,(H,23,27). The number of aryl methyl sites for hydroxylation is 1. The van der Waals surface area contributed by atoms with Crippen molar-refractivity contribution in [1.82, 2.24) is 19.4 Å². The average molecular weight is 461 g/mol. The predicted octanol–water partition coefficient (Wildman–Crippen LogP) is 2.28. The van der Waals surface area contributed by atoms with Crippen molar-refractivity contribution in [2.45, 2.75) is 38.3 Å². The van der Waals surface area contributed by atoms with Gasteiger partial charge in [0.15, 0.2) is 0 Å². The Hall–Kier alpha value is -3.11. The molecule has 1 aromatic carbocycles. The number of rotatable bonds is 10. The van der Waals surface area contributed by atoms with Crippen LogP contribution in [0, 0.1) is 13.8 Å². The fraction of sp³-hybridized carbons (Fsp3) is 0.364. The number of nitrogens with zero attached hydrogens (tertiary/aromatic N) is 3. The molecule has 0 bridgehead atoms. The van der Waals surface area contributed by atoms with Crippen LogP contribution in [0.5, 0.6) is 5.75 Å². The summed E-state index contributed by atoms with van der Waals surface area (Å²) in [4.78, 5) is 12.5. The van der Waals surface area contributed by atoms with Crippen LogP contribution in [0.1, 0.15) is 22.7 Å². The number of carbonyl (C=O) groups is 1. The maximum absolute atomic E-state index is 13.1. The molecule has 0 radical (unpaired) electrons. The third kappa shape index (κ3) is 5.38. The van der Waals surface area contributed by atoms with Crippen molar-refractivity contribution >= 4 is 15.9 Å². The van der Waals surface area contributed by atoms with Crippen LogP contribution in [0.15, 0.2) is 52.0 Å². The van der Waals surface area contributed by atoms with E-state index in [4.69, 9.17) is 9.15 Å². The van der Waals surface area contributed by atoms with Crippen LogP contribution in [-0.4, -0.2) is 49.1 Å². The SMILES string of the molecule is COc1ccc(CCNC(=O)Cn2nc(C)c(S(=O)(=O)N(C)Cc3ccco3)c2C)cc1. The van der Waals surface area contributed by atoms with Gasteiger partial charge in [0.25, 0.3) is 0 Å². The van der Waals surface area contributed by atoms with Crippen molar-refractivity contribution in [3.05, 3.63) is 65.4 Å². The highest BCUT2D eigenvalue weighted by molar-refractivity contribution is 7.89. The molecule has 0 spiro atoms. The lowest BCUT2D eigenvalue weighted by Crippen LogP contribution is -2.30. The van der Waals surface area contributed by atoms with Gasteiger partial charge in [-0.2, -0.15) is 9.40 Å². The Kier molecular flexibility index (Phi) is 7.37. The number of ether oxygens (including phenoxy) is 1. The number of methoxy groups -OCH3 is 1. The first kappa shape index (κ1) is 23.6. The van der Waals surface area contributed by atoms with Gasteiger partial charge in [0.1, 0.15) is 22.9 Å². The quantitative estimate of drug-likeness (QED) is 0.498. The van der Waals surface area contributed by atoms with E-state index in [-0.39, 0.29) is 23.9 Å². The summed E-state index contributed by atoms with van der Waals surface area (Å²) in [6, 6.07) is 11.1. The summed E-state index contributed by atoms with van der Waals surface area (Å²) >= 11 is 0. The highest BCUT2D eigenvalue weighted by Crippen LogP contribution is 2.24. The fourth-order valence-electron chi connectivity index (χ4n) is 3.40. The number of furan rings is 1. The zero-order valence-electron chi connectivity index (χ0n) is 18.7. The summed E-state index contributed by atoms with van der Waals surface area (Å²) in [5.41, 5.74) is 1.84. The maximum atomic E-state index is 13.1. The summed E-state index contributed by atoms with van der Waals surface area (Å²) in [6.07, 6.45) is 2.17. The van der Waals surface area contributed by atoms with Crippen LogP contribution >= 0.6 is 0 Å². The molecule has 10 heteroatoms. The largest absolute Gasteiger partial charge is 0.497 e. The van der Waals surface area contributed by atoms with Crippen molar-refractivity contribution in [2.24, 2.45) is 0 Å². The van der Waals surface area contributed by atoms with Crippen molar-refractivity contribution in [3.8, 4) is 5.75 Å². The molecule has 2 heterocycles. The Balaban J connectivity index is 1.62. The Bertz CT molecular complexity index is 1150. The van der Waals surface area contributed by atoms with Gasteiger partial charge in [-0.1, -0.05) is 12.1 Å². The van der Waals surface area contributed by atoms with E-state index < -0.39 is 10.0 Å². The van der Waals surface area contributed by atoms with Crippen LogP contribution in [0.4, 0.5) is 0 Å². The maximum Gasteiger partial charge on any atom is 0.246 e. The molecule has 0 atom stereocenters. The normalized spacial score (nSPS) is 11.7. The van der Waals surface area contributed by atoms with E-state index in [9.17, 15) is 13.2 Å². The Labute approximate surface area is 188 Å². The lowest BCUT2D eigenvalue weighted by Gasteiger charge is -2.16. The highest BCUT2D eigenvalue weighted by atomic mass is 32.2. The Morgan fingerprint density at radius 2 is 1.94 bits per heavy atom. The smallest absolute Gasteiger partial charge is 0.246 e. The molecule has 9 nitrogen and oxygen atoms in total. The molecule has 0 fully saturated rings. The van der Waals surface area contributed by atoms with Crippen molar-refractivity contribution in [2.75, 3.05) is 20.7 Å². The van der Waals surface area contributed by atoms with Crippen LogP contribution < -0.4 is 10.1 Å². The van der Waals surface area contributed by atoms with Crippen molar-refractivity contribution in [1.29, 1.82) is 0 Å². The Morgan fingerprint density at radius 1 is 1.22 bits per heavy atom. The highest BCUT2D eigenvalue weighted by Gasteiger charge is 2.29. The van der Waals surface area contributed by atoms with Gasteiger partial charge in [-0.25, -0.2) is 8.42 Å². The number of benzene rings is 1. The first-order valence-corrected chi connectivity index (χ1v) is 11.6. The molecule has 1 N–H and O–H groups in total. The first-order valence-electron chi connectivity index (χ1n) is 10.1. The predicted molar refractivity (Wildman–Crippen MR) is 119 cm³/mol. The average Bonchev–Trinajstić information content (AvgIpc) is 3.36. The summed E-state index contributed by atoms with van der Waals surface area (Å²) in [6.45, 7) is 3.77. The zero-order valence-corrected chi connectivity index (χ0v) is 19.5. The van der Waals surface area contributed by atoms with E-state index in [1.165, 1.54) is 22.3 Å². The van der Waals surface area contributed by atoms with Gasteiger partial charge in [0.2, 0.25) is 15.9 Å². The molecule has 3 rings (SSSR count).